The average Bonchev–Trinajstić information content (AvgIpc) is 3.42. The minimum Gasteiger partial charge on any atom is -0.351 e. The van der Waals surface area contributed by atoms with E-state index in [4.69, 9.17) is 5.26 Å². The molecule has 0 spiro atoms. The maximum absolute atomic E-state index is 12.9. The maximum atomic E-state index is 12.9. The molecule has 30 heavy (non-hydrogen) atoms. The lowest BCUT2D eigenvalue weighted by atomic mass is 9.83. The molecule has 1 aliphatic carbocycles. The first-order valence-electron chi connectivity index (χ1n) is 10.2. The topological polar surface area (TPSA) is 116 Å². The van der Waals surface area contributed by atoms with Crippen LogP contribution in [0.5, 0.6) is 0 Å². The molecule has 8 heteroatoms. The minimum absolute atomic E-state index is 0.0145. The highest BCUT2D eigenvalue weighted by Crippen LogP contribution is 2.25. The summed E-state index contributed by atoms with van der Waals surface area (Å²) < 4.78 is 1.98. The van der Waals surface area contributed by atoms with Crippen molar-refractivity contribution in [1.29, 1.82) is 5.26 Å². The van der Waals surface area contributed by atoms with Crippen molar-refractivity contribution in [3.63, 3.8) is 0 Å². The molecule has 0 radical (unpaired) electrons. The Morgan fingerprint density at radius 2 is 2.13 bits per heavy atom. The van der Waals surface area contributed by atoms with E-state index < -0.39 is 0 Å². The molecule has 1 aromatic carbocycles. The Morgan fingerprint density at radius 1 is 1.27 bits per heavy atom. The first-order valence-corrected chi connectivity index (χ1v) is 10.2. The third-order valence-corrected chi connectivity index (χ3v) is 5.62. The number of imidazole rings is 1. The van der Waals surface area contributed by atoms with E-state index in [1.165, 1.54) is 0 Å². The predicted molar refractivity (Wildman–Crippen MR) is 111 cm³/mol. The van der Waals surface area contributed by atoms with Crippen LogP contribution in [0.3, 0.4) is 0 Å². The SMILES string of the molecule is N#CCNC(=O)[C@@H]1CCCC[C@@H]1NC(=O)c1cc2ccc(Cn3ccnc3)cc2[nH]1. The van der Waals surface area contributed by atoms with Gasteiger partial charge in [0.05, 0.1) is 18.3 Å². The summed E-state index contributed by atoms with van der Waals surface area (Å²) in [5, 5.41) is 15.3. The summed E-state index contributed by atoms with van der Waals surface area (Å²) in [6.07, 6.45) is 8.81. The van der Waals surface area contributed by atoms with Crippen molar-refractivity contribution in [3.8, 4) is 6.07 Å². The van der Waals surface area contributed by atoms with Gasteiger partial charge in [-0.05, 0) is 30.5 Å². The third kappa shape index (κ3) is 4.35. The number of amides is 2. The molecule has 0 bridgehead atoms. The van der Waals surface area contributed by atoms with E-state index in [0.717, 1.165) is 35.7 Å². The normalized spacial score (nSPS) is 18.6. The van der Waals surface area contributed by atoms with Crippen LogP contribution >= 0.6 is 0 Å². The van der Waals surface area contributed by atoms with Crippen LogP contribution in [0.2, 0.25) is 0 Å². The molecule has 2 aromatic heterocycles. The number of carbonyl (C=O) groups excluding carboxylic acids is 2. The second-order valence-corrected chi connectivity index (χ2v) is 7.69. The van der Waals surface area contributed by atoms with Crippen LogP contribution in [0, 0.1) is 17.2 Å². The fourth-order valence-corrected chi connectivity index (χ4v) is 4.11. The molecular formula is C22H24N6O2. The van der Waals surface area contributed by atoms with Gasteiger partial charge in [-0.3, -0.25) is 9.59 Å². The molecule has 2 amide bonds. The van der Waals surface area contributed by atoms with Gasteiger partial charge < -0.3 is 20.2 Å². The van der Waals surface area contributed by atoms with E-state index >= 15 is 0 Å². The van der Waals surface area contributed by atoms with Crippen molar-refractivity contribution < 1.29 is 9.59 Å². The molecule has 1 aliphatic rings. The molecule has 0 unspecified atom stereocenters. The number of nitrogens with one attached hydrogen (secondary N) is 3. The van der Waals surface area contributed by atoms with E-state index in [0.29, 0.717) is 18.7 Å². The smallest absolute Gasteiger partial charge is 0.267 e. The molecule has 8 nitrogen and oxygen atoms in total. The fraction of sp³-hybridized carbons (Fsp3) is 0.364. The van der Waals surface area contributed by atoms with Gasteiger partial charge in [0.1, 0.15) is 12.2 Å². The Balaban J connectivity index is 1.46. The Hall–Kier alpha value is -3.60. The van der Waals surface area contributed by atoms with Crippen molar-refractivity contribution >= 4 is 22.7 Å². The van der Waals surface area contributed by atoms with E-state index in [1.807, 2.05) is 41.1 Å². The number of hydrogen-bond acceptors (Lipinski definition) is 4. The molecule has 1 fully saturated rings. The molecular weight excluding hydrogens is 380 g/mol. The largest absolute Gasteiger partial charge is 0.351 e. The van der Waals surface area contributed by atoms with Gasteiger partial charge in [0.2, 0.25) is 5.91 Å². The second kappa shape index (κ2) is 8.82. The number of nitriles is 1. The van der Waals surface area contributed by atoms with Crippen molar-refractivity contribution in [2.45, 2.75) is 38.3 Å². The minimum atomic E-state index is -0.304. The van der Waals surface area contributed by atoms with Gasteiger partial charge in [-0.15, -0.1) is 0 Å². The van der Waals surface area contributed by atoms with Crippen LogP contribution in [0.4, 0.5) is 0 Å². The van der Waals surface area contributed by atoms with Crippen LogP contribution in [-0.4, -0.2) is 38.9 Å². The Morgan fingerprint density at radius 3 is 2.93 bits per heavy atom. The lowest BCUT2D eigenvalue weighted by molar-refractivity contribution is -0.126. The molecule has 3 N–H and O–H groups in total. The van der Waals surface area contributed by atoms with E-state index in [2.05, 4.69) is 20.6 Å². The van der Waals surface area contributed by atoms with Crippen LogP contribution in [-0.2, 0) is 11.3 Å². The fourth-order valence-electron chi connectivity index (χ4n) is 4.11. The predicted octanol–water partition coefficient (Wildman–Crippen LogP) is 2.34. The number of benzene rings is 1. The lowest BCUT2D eigenvalue weighted by Crippen LogP contribution is -2.48. The van der Waals surface area contributed by atoms with Crippen LogP contribution in [0.1, 0.15) is 41.7 Å². The van der Waals surface area contributed by atoms with E-state index in [-0.39, 0.29) is 30.3 Å². The zero-order valence-corrected chi connectivity index (χ0v) is 16.6. The summed E-state index contributed by atoms with van der Waals surface area (Å²) in [6.45, 7) is 0.692. The summed E-state index contributed by atoms with van der Waals surface area (Å²) in [5.41, 5.74) is 2.48. The van der Waals surface area contributed by atoms with Crippen LogP contribution in [0.15, 0.2) is 43.0 Å². The van der Waals surface area contributed by atoms with Crippen molar-refractivity contribution in [1.82, 2.24) is 25.2 Å². The molecule has 154 valence electrons. The monoisotopic (exact) mass is 404 g/mol. The molecule has 2 atom stereocenters. The van der Waals surface area contributed by atoms with Gasteiger partial charge in [-0.25, -0.2) is 4.98 Å². The van der Waals surface area contributed by atoms with Gasteiger partial charge in [0, 0.05) is 35.9 Å². The van der Waals surface area contributed by atoms with Crippen LogP contribution < -0.4 is 10.6 Å². The number of aromatic amines is 1. The first kappa shape index (κ1) is 19.7. The summed E-state index contributed by atoms with van der Waals surface area (Å²) >= 11 is 0. The number of fused-ring (bicyclic) bond motifs is 1. The highest BCUT2D eigenvalue weighted by Gasteiger charge is 2.32. The lowest BCUT2D eigenvalue weighted by Gasteiger charge is -2.30. The van der Waals surface area contributed by atoms with Gasteiger partial charge >= 0.3 is 0 Å². The van der Waals surface area contributed by atoms with Gasteiger partial charge in [0.25, 0.3) is 5.91 Å². The highest BCUT2D eigenvalue weighted by molar-refractivity contribution is 5.98. The van der Waals surface area contributed by atoms with Crippen molar-refractivity contribution in [3.05, 3.63) is 54.2 Å². The molecule has 4 rings (SSSR count). The average molecular weight is 404 g/mol. The molecule has 2 heterocycles. The summed E-state index contributed by atoms with van der Waals surface area (Å²) in [5.74, 6) is -0.683. The Bertz CT molecular complexity index is 1080. The summed E-state index contributed by atoms with van der Waals surface area (Å²) in [4.78, 5) is 32.5. The summed E-state index contributed by atoms with van der Waals surface area (Å²) in [6, 6.07) is 9.59. The number of carbonyl (C=O) groups is 2. The molecule has 0 aliphatic heterocycles. The van der Waals surface area contributed by atoms with Gasteiger partial charge in [0.15, 0.2) is 0 Å². The van der Waals surface area contributed by atoms with Crippen molar-refractivity contribution in [2.75, 3.05) is 6.54 Å². The number of rotatable bonds is 6. The summed E-state index contributed by atoms with van der Waals surface area (Å²) in [7, 11) is 0. The Kier molecular flexibility index (Phi) is 5.80. The zero-order valence-electron chi connectivity index (χ0n) is 16.6. The number of hydrogen-bond donors (Lipinski definition) is 3. The second-order valence-electron chi connectivity index (χ2n) is 7.69. The zero-order chi connectivity index (χ0) is 20.9. The first-order chi connectivity index (χ1) is 14.6. The highest BCUT2D eigenvalue weighted by atomic mass is 16.2. The number of aromatic nitrogens is 3. The number of nitrogens with zero attached hydrogens (tertiary/aromatic N) is 3. The van der Waals surface area contributed by atoms with Gasteiger partial charge in [-0.2, -0.15) is 5.26 Å². The standard InChI is InChI=1S/C22H24N6O2/c23-7-8-25-21(29)17-3-1-2-4-18(17)27-22(30)20-12-16-6-5-15(11-19(16)26-20)13-28-10-9-24-14-28/h5-6,9-12,14,17-18,26H,1-4,8,13H2,(H,25,29)(H,27,30)/t17-,18+/m1/s1. The Labute approximate surface area is 174 Å². The number of H-pyrrole nitrogens is 1. The molecule has 1 saturated carbocycles. The van der Waals surface area contributed by atoms with Crippen molar-refractivity contribution in [2.24, 2.45) is 5.92 Å². The van der Waals surface area contributed by atoms with E-state index in [9.17, 15) is 9.59 Å². The van der Waals surface area contributed by atoms with Crippen LogP contribution in [0.25, 0.3) is 10.9 Å². The maximum Gasteiger partial charge on any atom is 0.267 e. The molecule has 0 saturated heterocycles. The quantitative estimate of drug-likeness (QED) is 0.547. The van der Waals surface area contributed by atoms with Gasteiger partial charge in [-0.1, -0.05) is 25.0 Å². The third-order valence-electron chi connectivity index (χ3n) is 5.62. The van der Waals surface area contributed by atoms with E-state index in [1.54, 1.807) is 12.5 Å². The molecule has 3 aromatic rings.